The molecule has 0 radical (unpaired) electrons. The first-order valence-corrected chi connectivity index (χ1v) is 6.37. The van der Waals surface area contributed by atoms with Gasteiger partial charge in [0.2, 0.25) is 0 Å². The lowest BCUT2D eigenvalue weighted by Gasteiger charge is -2.35. The van der Waals surface area contributed by atoms with Gasteiger partial charge in [0.15, 0.2) is 0 Å². The maximum Gasteiger partial charge on any atom is 0.131 e. The number of ether oxygens (including phenoxy) is 1. The molecule has 1 aromatic carbocycles. The molecule has 1 aromatic rings. The second kappa shape index (κ2) is 5.67. The molecule has 0 bridgehead atoms. The van der Waals surface area contributed by atoms with Crippen molar-refractivity contribution in [3.63, 3.8) is 0 Å². The highest BCUT2D eigenvalue weighted by molar-refractivity contribution is 5.29. The molecule has 2 rings (SSSR count). The minimum Gasteiger partial charge on any atom is -0.508 e. The van der Waals surface area contributed by atoms with Crippen molar-refractivity contribution < 1.29 is 14.2 Å². The summed E-state index contributed by atoms with van der Waals surface area (Å²) in [5.41, 5.74) is 0.627. The van der Waals surface area contributed by atoms with E-state index < -0.39 is 0 Å². The maximum atomic E-state index is 13.8. The smallest absolute Gasteiger partial charge is 0.131 e. The van der Waals surface area contributed by atoms with E-state index in [0.717, 1.165) is 26.1 Å². The van der Waals surface area contributed by atoms with E-state index in [1.54, 1.807) is 6.07 Å². The number of aromatic hydroxyl groups is 1. The van der Waals surface area contributed by atoms with Crippen LogP contribution >= 0.6 is 0 Å². The van der Waals surface area contributed by atoms with Gasteiger partial charge in [-0.2, -0.15) is 0 Å². The SMILES string of the molecule is CC(c1ccc(O)cc1F)N(C)C1CCOCC1. The van der Waals surface area contributed by atoms with Crippen molar-refractivity contribution in [2.45, 2.75) is 31.8 Å². The summed E-state index contributed by atoms with van der Waals surface area (Å²) in [7, 11) is 2.02. The molecule has 18 heavy (non-hydrogen) atoms. The van der Waals surface area contributed by atoms with Crippen LogP contribution in [-0.2, 0) is 4.74 Å². The van der Waals surface area contributed by atoms with E-state index in [9.17, 15) is 9.50 Å². The van der Waals surface area contributed by atoms with Crippen LogP contribution in [0.25, 0.3) is 0 Å². The summed E-state index contributed by atoms with van der Waals surface area (Å²) in [5, 5.41) is 9.24. The molecule has 1 saturated heterocycles. The Labute approximate surface area is 107 Å². The van der Waals surface area contributed by atoms with Gasteiger partial charge in [-0.3, -0.25) is 4.90 Å². The average Bonchev–Trinajstić information content (AvgIpc) is 2.38. The van der Waals surface area contributed by atoms with Gasteiger partial charge in [-0.05, 0) is 32.9 Å². The Bertz CT molecular complexity index is 405. The van der Waals surface area contributed by atoms with Crippen LogP contribution in [0, 0.1) is 5.82 Å². The van der Waals surface area contributed by atoms with Crippen LogP contribution in [0.5, 0.6) is 5.75 Å². The zero-order valence-electron chi connectivity index (χ0n) is 10.9. The highest BCUT2D eigenvalue weighted by Crippen LogP contribution is 2.28. The largest absolute Gasteiger partial charge is 0.508 e. The summed E-state index contributed by atoms with van der Waals surface area (Å²) in [6.07, 6.45) is 1.97. The fourth-order valence-electron chi connectivity index (χ4n) is 2.48. The quantitative estimate of drug-likeness (QED) is 0.899. The Morgan fingerprint density at radius 1 is 1.39 bits per heavy atom. The van der Waals surface area contributed by atoms with Gasteiger partial charge in [0.25, 0.3) is 0 Å². The van der Waals surface area contributed by atoms with Crippen molar-refractivity contribution in [2.75, 3.05) is 20.3 Å². The van der Waals surface area contributed by atoms with Gasteiger partial charge in [-0.25, -0.2) is 4.39 Å². The fraction of sp³-hybridized carbons (Fsp3) is 0.571. The van der Waals surface area contributed by atoms with Crippen LogP contribution in [0.1, 0.15) is 31.4 Å². The third-order valence-corrected chi connectivity index (χ3v) is 3.81. The molecule has 1 aliphatic heterocycles. The number of nitrogens with zero attached hydrogens (tertiary/aromatic N) is 1. The fourth-order valence-corrected chi connectivity index (χ4v) is 2.48. The first-order chi connectivity index (χ1) is 8.59. The molecular formula is C14H20FNO2. The predicted molar refractivity (Wildman–Crippen MR) is 68.1 cm³/mol. The predicted octanol–water partition coefficient (Wildman–Crippen LogP) is 2.70. The van der Waals surface area contributed by atoms with Crippen molar-refractivity contribution in [1.29, 1.82) is 0 Å². The number of hydrogen-bond donors (Lipinski definition) is 1. The second-order valence-corrected chi connectivity index (χ2v) is 4.89. The van der Waals surface area contributed by atoms with Gasteiger partial charge in [-0.1, -0.05) is 6.07 Å². The Hall–Kier alpha value is -1.13. The summed E-state index contributed by atoms with van der Waals surface area (Å²) in [6, 6.07) is 4.79. The van der Waals surface area contributed by atoms with Crippen LogP contribution in [-0.4, -0.2) is 36.3 Å². The lowest BCUT2D eigenvalue weighted by molar-refractivity contribution is 0.0304. The topological polar surface area (TPSA) is 32.7 Å². The molecule has 0 aromatic heterocycles. The zero-order valence-corrected chi connectivity index (χ0v) is 10.9. The van der Waals surface area contributed by atoms with Gasteiger partial charge in [-0.15, -0.1) is 0 Å². The van der Waals surface area contributed by atoms with Gasteiger partial charge in [0.05, 0.1) is 0 Å². The summed E-state index contributed by atoms with van der Waals surface area (Å²) in [6.45, 7) is 3.55. The van der Waals surface area contributed by atoms with Crippen LogP contribution in [0.4, 0.5) is 4.39 Å². The summed E-state index contributed by atoms with van der Waals surface area (Å²) < 4.78 is 19.2. The monoisotopic (exact) mass is 253 g/mol. The van der Waals surface area contributed by atoms with Crippen LogP contribution in [0.3, 0.4) is 0 Å². The lowest BCUT2D eigenvalue weighted by Crippen LogP contribution is -2.38. The van der Waals surface area contributed by atoms with Crippen molar-refractivity contribution in [1.82, 2.24) is 4.90 Å². The summed E-state index contributed by atoms with van der Waals surface area (Å²) in [4.78, 5) is 2.19. The molecular weight excluding hydrogens is 233 g/mol. The van der Waals surface area contributed by atoms with Crippen molar-refractivity contribution in [2.24, 2.45) is 0 Å². The number of benzene rings is 1. The number of hydrogen-bond acceptors (Lipinski definition) is 3. The maximum absolute atomic E-state index is 13.8. The van der Waals surface area contributed by atoms with E-state index in [-0.39, 0.29) is 17.6 Å². The Morgan fingerprint density at radius 3 is 2.67 bits per heavy atom. The van der Waals surface area contributed by atoms with E-state index in [0.29, 0.717) is 11.6 Å². The molecule has 1 N–H and O–H groups in total. The molecule has 1 aliphatic rings. The second-order valence-electron chi connectivity index (χ2n) is 4.89. The first-order valence-electron chi connectivity index (χ1n) is 6.37. The van der Waals surface area contributed by atoms with Crippen molar-refractivity contribution in [3.8, 4) is 5.75 Å². The molecule has 0 aliphatic carbocycles. The van der Waals surface area contributed by atoms with E-state index in [2.05, 4.69) is 4.90 Å². The normalized spacial score (nSPS) is 19.1. The number of phenolic OH excluding ortho intramolecular Hbond substituents is 1. The molecule has 0 amide bonds. The van der Waals surface area contributed by atoms with Gasteiger partial charge in [0, 0.05) is 36.9 Å². The minimum atomic E-state index is -0.346. The van der Waals surface area contributed by atoms with Crippen LogP contribution in [0.2, 0.25) is 0 Å². The first kappa shape index (κ1) is 13.3. The molecule has 0 spiro atoms. The summed E-state index contributed by atoms with van der Waals surface area (Å²) in [5.74, 6) is -0.376. The van der Waals surface area contributed by atoms with E-state index in [1.165, 1.54) is 12.1 Å². The third kappa shape index (κ3) is 2.82. The van der Waals surface area contributed by atoms with Crippen LogP contribution < -0.4 is 0 Å². The molecule has 1 unspecified atom stereocenters. The Kier molecular flexibility index (Phi) is 4.19. The molecule has 1 atom stereocenters. The molecule has 100 valence electrons. The Morgan fingerprint density at radius 2 is 2.06 bits per heavy atom. The van der Waals surface area contributed by atoms with Crippen molar-refractivity contribution in [3.05, 3.63) is 29.6 Å². The molecule has 1 fully saturated rings. The van der Waals surface area contributed by atoms with Crippen molar-refractivity contribution >= 4 is 0 Å². The number of phenols is 1. The van der Waals surface area contributed by atoms with Crippen LogP contribution in [0.15, 0.2) is 18.2 Å². The molecule has 0 saturated carbocycles. The molecule has 1 heterocycles. The lowest BCUT2D eigenvalue weighted by atomic mass is 10.0. The van der Waals surface area contributed by atoms with Gasteiger partial charge in [0.1, 0.15) is 11.6 Å². The van der Waals surface area contributed by atoms with Gasteiger partial charge >= 0.3 is 0 Å². The number of halogens is 1. The Balaban J connectivity index is 2.11. The minimum absolute atomic E-state index is 0.00583. The number of rotatable bonds is 3. The highest BCUT2D eigenvalue weighted by atomic mass is 19.1. The van der Waals surface area contributed by atoms with Gasteiger partial charge < -0.3 is 9.84 Å². The standard InChI is InChI=1S/C14H20FNO2/c1-10(13-4-3-12(17)9-14(13)15)16(2)11-5-7-18-8-6-11/h3-4,9-11,17H,5-8H2,1-2H3. The summed E-state index contributed by atoms with van der Waals surface area (Å²) >= 11 is 0. The third-order valence-electron chi connectivity index (χ3n) is 3.81. The molecule has 4 heteroatoms. The highest BCUT2D eigenvalue weighted by Gasteiger charge is 2.24. The molecule has 3 nitrogen and oxygen atoms in total. The van der Waals surface area contributed by atoms with E-state index in [4.69, 9.17) is 4.74 Å². The van der Waals surface area contributed by atoms with E-state index >= 15 is 0 Å². The van der Waals surface area contributed by atoms with E-state index in [1.807, 2.05) is 14.0 Å². The average molecular weight is 253 g/mol. The zero-order chi connectivity index (χ0) is 13.1.